The molecule has 7 heteroatoms. The summed E-state index contributed by atoms with van der Waals surface area (Å²) in [6.07, 6.45) is 0.303. The van der Waals surface area contributed by atoms with Crippen LogP contribution in [0.3, 0.4) is 0 Å². The molecule has 0 spiro atoms. The Morgan fingerprint density at radius 1 is 1.24 bits per heavy atom. The van der Waals surface area contributed by atoms with Gasteiger partial charge in [-0.25, -0.2) is 0 Å². The molecule has 21 heavy (non-hydrogen) atoms. The van der Waals surface area contributed by atoms with Crippen molar-refractivity contribution in [2.75, 3.05) is 20.8 Å². The summed E-state index contributed by atoms with van der Waals surface area (Å²) in [4.78, 5) is 11.7. The number of aryl methyl sites for hydroxylation is 1. The average Bonchev–Trinajstić information content (AvgIpc) is 2.73. The quantitative estimate of drug-likeness (QED) is 0.257. The zero-order valence-corrected chi connectivity index (χ0v) is 16.9. The predicted octanol–water partition coefficient (Wildman–Crippen LogP) is -2.15. The normalized spacial score (nSPS) is 10.1. The van der Waals surface area contributed by atoms with Crippen molar-refractivity contribution in [3.63, 3.8) is 0 Å². The molecule has 0 saturated heterocycles. The molecule has 0 atom stereocenters. The van der Waals surface area contributed by atoms with Crippen LogP contribution in [0.1, 0.15) is 12.6 Å². The van der Waals surface area contributed by atoms with E-state index in [9.17, 15) is 4.79 Å². The molecule has 0 radical (unpaired) electrons. The van der Waals surface area contributed by atoms with Gasteiger partial charge in [0.2, 0.25) is 0 Å². The smallest absolute Gasteiger partial charge is 1.00 e. The Hall–Kier alpha value is -0.520. The van der Waals surface area contributed by atoms with Crippen molar-refractivity contribution in [3.8, 4) is 11.5 Å². The molecule has 0 amide bonds. The first kappa shape index (κ1) is 18.5. The van der Waals surface area contributed by atoms with Gasteiger partial charge in [-0.15, -0.1) is 0 Å². The molecule has 0 N–H and O–H groups in total. The van der Waals surface area contributed by atoms with Gasteiger partial charge in [-0.2, -0.15) is 0 Å². The number of nitrogens with zero attached hydrogens (tertiary/aromatic N) is 1. The van der Waals surface area contributed by atoms with E-state index in [0.29, 0.717) is 18.8 Å². The van der Waals surface area contributed by atoms with Crippen LogP contribution in [0.15, 0.2) is 12.1 Å². The third kappa shape index (κ3) is 4.02. The summed E-state index contributed by atoms with van der Waals surface area (Å²) in [5, 5.41) is 1.08. The fraction of sp³-hybridized carbons (Fsp3) is 0.429. The second-order valence-corrected chi connectivity index (χ2v) is 7.56. The number of fused-ring (bicyclic) bond motifs is 1. The molecule has 1 aromatic heterocycles. The molecule has 2 rings (SSSR count). The van der Waals surface area contributed by atoms with Crippen LogP contribution < -0.4 is 36.2 Å². The average molecular weight is 519 g/mol. The van der Waals surface area contributed by atoms with Gasteiger partial charge in [0, 0.05) is 0 Å². The topological polar surface area (TPSA) is 48.6 Å². The summed E-state index contributed by atoms with van der Waals surface area (Å²) < 4.78 is 19.2. The zero-order valence-electron chi connectivity index (χ0n) is 12.4. The number of benzene rings is 1. The van der Waals surface area contributed by atoms with E-state index >= 15 is 0 Å². The maximum absolute atomic E-state index is 11.7. The molecule has 0 unspecified atom stereocenters. The number of hydrogen-bond acceptors (Lipinski definition) is 4. The maximum Gasteiger partial charge on any atom is -1.00 e. The van der Waals surface area contributed by atoms with Crippen molar-refractivity contribution in [3.05, 3.63) is 17.8 Å². The minimum absolute atomic E-state index is 0. The molecule has 0 bridgehead atoms. The van der Waals surface area contributed by atoms with Crippen molar-refractivity contribution in [2.24, 2.45) is 7.05 Å². The maximum atomic E-state index is 11.7. The first-order chi connectivity index (χ1) is 9.60. The van der Waals surface area contributed by atoms with Gasteiger partial charge in [0.05, 0.1) is 0 Å². The molecule has 116 valence electrons. The van der Waals surface area contributed by atoms with Gasteiger partial charge < -0.3 is 24.0 Å². The molecule has 5 nitrogen and oxygen atoms in total. The number of aromatic nitrogens is 1. The Balaban J connectivity index is 0.00000220. The van der Waals surface area contributed by atoms with Gasteiger partial charge in [0.25, 0.3) is 0 Å². The van der Waals surface area contributed by atoms with Crippen LogP contribution >= 0.6 is 0 Å². The molecule has 0 saturated carbocycles. The van der Waals surface area contributed by atoms with E-state index in [2.05, 4.69) is 2.79 Å². The molecule has 2 aromatic rings. The zero-order chi connectivity index (χ0) is 14.7. The summed E-state index contributed by atoms with van der Waals surface area (Å²) in [5.74, 6) is 1.24. The van der Waals surface area contributed by atoms with E-state index in [0.717, 1.165) is 16.8 Å². The number of hydrogen-bond donors (Lipinski definition) is 0. The number of methoxy groups -OCH3 is 2. The van der Waals surface area contributed by atoms with Crippen molar-refractivity contribution < 1.29 is 45.8 Å². The van der Waals surface area contributed by atoms with E-state index in [-0.39, 0.29) is 29.9 Å². The van der Waals surface area contributed by atoms with Crippen LogP contribution in [0.4, 0.5) is 0 Å². The van der Waals surface area contributed by atoms with Crippen LogP contribution in [0.25, 0.3) is 8.79 Å². The molecule has 0 fully saturated rings. The summed E-state index contributed by atoms with van der Waals surface area (Å²) in [6, 6.07) is 3.97. The van der Waals surface area contributed by atoms with Gasteiger partial charge in [-0.05, 0) is 0 Å². The Labute approximate surface area is 151 Å². The summed E-state index contributed by atoms with van der Waals surface area (Å²) in [7, 11) is 5.27. The standard InChI is InChI=1S/C14H18NO4Te.HI/c1-5-19-14(16)7-10-9-6-11(17-3)12(18-4)8-13(9)20-15(10)2;/h6,8H,5,7H2,1-4H3;1H/q+1;/p-1. The molecule has 1 heterocycles. The van der Waals surface area contributed by atoms with Crippen LogP contribution in [-0.2, 0) is 23.0 Å². The monoisotopic (exact) mass is 521 g/mol. The number of carbonyl (C=O) groups is 1. The first-order valence-corrected chi connectivity index (χ1v) is 8.51. The minimum atomic E-state index is -0.504. The van der Waals surface area contributed by atoms with Gasteiger partial charge >= 0.3 is 128 Å². The Morgan fingerprint density at radius 2 is 1.86 bits per heavy atom. The summed E-state index contributed by atoms with van der Waals surface area (Å²) >= 11 is -0.504. The van der Waals surface area contributed by atoms with Gasteiger partial charge in [0.15, 0.2) is 0 Å². The summed E-state index contributed by atoms with van der Waals surface area (Å²) in [6.45, 7) is 2.22. The first-order valence-electron chi connectivity index (χ1n) is 6.30. The van der Waals surface area contributed by atoms with E-state index < -0.39 is 20.7 Å². The minimum Gasteiger partial charge on any atom is -1.00 e. The number of esters is 1. The molecule has 0 aliphatic heterocycles. The Morgan fingerprint density at radius 3 is 2.43 bits per heavy atom. The van der Waals surface area contributed by atoms with Crippen molar-refractivity contribution in [1.29, 1.82) is 0 Å². The van der Waals surface area contributed by atoms with Gasteiger partial charge in [0.1, 0.15) is 0 Å². The molecule has 1 aromatic carbocycles. The predicted molar refractivity (Wildman–Crippen MR) is 75.5 cm³/mol. The largest absolute Gasteiger partial charge is 1.00 e. The van der Waals surface area contributed by atoms with Gasteiger partial charge in [-0.1, -0.05) is 0 Å². The van der Waals surface area contributed by atoms with E-state index in [1.54, 1.807) is 14.2 Å². The molecular formula is C14H18INO4Te. The fourth-order valence-electron chi connectivity index (χ4n) is 2.09. The van der Waals surface area contributed by atoms with Crippen LogP contribution in [-0.4, -0.2) is 47.5 Å². The number of rotatable bonds is 5. The van der Waals surface area contributed by atoms with E-state index in [4.69, 9.17) is 14.2 Å². The Kier molecular flexibility index (Phi) is 7.24. The Bertz CT molecular complexity index is 641. The van der Waals surface area contributed by atoms with Crippen LogP contribution in [0, 0.1) is 0 Å². The fourth-order valence-corrected chi connectivity index (χ4v) is 4.95. The van der Waals surface area contributed by atoms with Gasteiger partial charge in [-0.3, -0.25) is 0 Å². The number of carbonyl (C=O) groups excluding carboxylic acids is 1. The number of halogens is 1. The van der Waals surface area contributed by atoms with Crippen LogP contribution in [0.2, 0.25) is 0 Å². The third-order valence-electron chi connectivity index (χ3n) is 3.03. The second-order valence-electron chi connectivity index (χ2n) is 4.22. The van der Waals surface area contributed by atoms with E-state index in [1.807, 2.05) is 26.1 Å². The van der Waals surface area contributed by atoms with Crippen molar-refractivity contribution >= 4 is 35.5 Å². The SMILES string of the molecule is CCOC(=O)Cc1c2cc(OC)c(OC)cc2[te][n+]1C.[I-]. The number of ether oxygens (including phenoxy) is 3. The van der Waals surface area contributed by atoms with Crippen molar-refractivity contribution in [1.82, 2.24) is 0 Å². The second kappa shape index (κ2) is 8.20. The third-order valence-corrected chi connectivity index (χ3v) is 5.97. The summed E-state index contributed by atoms with van der Waals surface area (Å²) in [5.41, 5.74) is 1.02. The van der Waals surface area contributed by atoms with E-state index in [1.165, 1.54) is 3.40 Å². The van der Waals surface area contributed by atoms with Crippen molar-refractivity contribution in [2.45, 2.75) is 13.3 Å². The molecular weight excluding hydrogens is 501 g/mol. The van der Waals surface area contributed by atoms with Crippen LogP contribution in [0.5, 0.6) is 11.5 Å². The molecule has 0 aliphatic rings. The molecule has 0 aliphatic carbocycles.